The Labute approximate surface area is 105 Å². The van der Waals surface area contributed by atoms with Crippen LogP contribution in [0.15, 0.2) is 0 Å². The Morgan fingerprint density at radius 1 is 1.24 bits per heavy atom. The number of likely N-dealkylation sites (N-methyl/N-ethyl adjacent to an activating group) is 1. The van der Waals surface area contributed by atoms with Gasteiger partial charge in [0.2, 0.25) is 11.8 Å². The molecular formula is C10H19N3O3S. The number of Topliss-reactive ketones (excluding diaryl/α,β-unsaturated/α-hetero) is 1. The number of nitrogens with one attached hydrogen (secondary N) is 2. The third-order valence-electron chi connectivity index (χ3n) is 1.87. The Balaban J connectivity index is 3.60. The van der Waals surface area contributed by atoms with Crippen molar-refractivity contribution >= 4 is 29.4 Å². The molecule has 0 unspecified atom stereocenters. The fraction of sp³-hybridized carbons (Fsp3) is 0.700. The van der Waals surface area contributed by atoms with Crippen molar-refractivity contribution in [3.05, 3.63) is 0 Å². The molecule has 1 atom stereocenters. The molecular weight excluding hydrogens is 242 g/mol. The molecule has 0 heterocycles. The van der Waals surface area contributed by atoms with Crippen LogP contribution in [0.25, 0.3) is 0 Å². The molecule has 2 amide bonds. The quantitative estimate of drug-likeness (QED) is 0.514. The molecule has 0 bridgehead atoms. The SMILES string of the molecule is CCNC(=O)CNC(=O)CSC[C@H](N)C(C)=O. The van der Waals surface area contributed by atoms with Crippen LogP contribution >= 0.6 is 11.8 Å². The van der Waals surface area contributed by atoms with Crippen molar-refractivity contribution in [1.82, 2.24) is 10.6 Å². The van der Waals surface area contributed by atoms with E-state index in [1.807, 2.05) is 0 Å². The summed E-state index contributed by atoms with van der Waals surface area (Å²) in [5.41, 5.74) is 5.50. The van der Waals surface area contributed by atoms with Crippen molar-refractivity contribution in [3.63, 3.8) is 0 Å². The number of hydrogen-bond acceptors (Lipinski definition) is 5. The summed E-state index contributed by atoms with van der Waals surface area (Å²) < 4.78 is 0. The van der Waals surface area contributed by atoms with Crippen LogP contribution < -0.4 is 16.4 Å². The van der Waals surface area contributed by atoms with Crippen molar-refractivity contribution in [2.24, 2.45) is 5.73 Å². The molecule has 0 aromatic rings. The van der Waals surface area contributed by atoms with E-state index in [1.54, 1.807) is 6.92 Å². The smallest absolute Gasteiger partial charge is 0.239 e. The van der Waals surface area contributed by atoms with Gasteiger partial charge in [0.15, 0.2) is 0 Å². The van der Waals surface area contributed by atoms with Crippen LogP contribution in [0.3, 0.4) is 0 Å². The third kappa shape index (κ3) is 8.70. The molecule has 0 aliphatic rings. The number of carbonyl (C=O) groups excluding carboxylic acids is 3. The first-order chi connectivity index (χ1) is 7.97. The van der Waals surface area contributed by atoms with Gasteiger partial charge in [0.1, 0.15) is 5.78 Å². The molecule has 0 fully saturated rings. The fourth-order valence-corrected chi connectivity index (χ4v) is 1.78. The lowest BCUT2D eigenvalue weighted by Crippen LogP contribution is -2.38. The van der Waals surface area contributed by atoms with E-state index in [0.29, 0.717) is 12.3 Å². The highest BCUT2D eigenvalue weighted by Gasteiger charge is 2.10. The zero-order chi connectivity index (χ0) is 13.3. The number of hydrogen-bond donors (Lipinski definition) is 3. The van der Waals surface area contributed by atoms with E-state index in [4.69, 9.17) is 5.73 Å². The van der Waals surface area contributed by atoms with Crippen LogP contribution in [0.5, 0.6) is 0 Å². The second-order valence-corrected chi connectivity index (χ2v) is 4.49. The highest BCUT2D eigenvalue weighted by Crippen LogP contribution is 2.01. The van der Waals surface area contributed by atoms with Gasteiger partial charge in [-0.2, -0.15) is 0 Å². The van der Waals surface area contributed by atoms with E-state index in [-0.39, 0.29) is 29.9 Å². The Morgan fingerprint density at radius 3 is 2.41 bits per heavy atom. The molecule has 0 rings (SSSR count). The highest BCUT2D eigenvalue weighted by molar-refractivity contribution is 8.00. The number of amides is 2. The van der Waals surface area contributed by atoms with Crippen molar-refractivity contribution in [2.45, 2.75) is 19.9 Å². The van der Waals surface area contributed by atoms with Crippen molar-refractivity contribution < 1.29 is 14.4 Å². The Hall–Kier alpha value is -1.08. The lowest BCUT2D eigenvalue weighted by molar-refractivity contribution is -0.124. The number of carbonyl (C=O) groups is 3. The van der Waals surface area contributed by atoms with Gasteiger partial charge in [0, 0.05) is 12.3 Å². The molecule has 0 aliphatic carbocycles. The van der Waals surface area contributed by atoms with Gasteiger partial charge in [-0.25, -0.2) is 0 Å². The van der Waals surface area contributed by atoms with Gasteiger partial charge in [-0.15, -0.1) is 11.8 Å². The van der Waals surface area contributed by atoms with Crippen LogP contribution in [0.4, 0.5) is 0 Å². The van der Waals surface area contributed by atoms with Crippen LogP contribution in [0.2, 0.25) is 0 Å². The number of thioether (sulfide) groups is 1. The zero-order valence-electron chi connectivity index (χ0n) is 10.1. The second kappa shape index (κ2) is 9.00. The predicted molar refractivity (Wildman–Crippen MR) is 67.7 cm³/mol. The lowest BCUT2D eigenvalue weighted by Gasteiger charge is -2.07. The van der Waals surface area contributed by atoms with E-state index >= 15 is 0 Å². The van der Waals surface area contributed by atoms with Crippen LogP contribution in [0, 0.1) is 0 Å². The first kappa shape index (κ1) is 15.9. The average Bonchev–Trinajstić information content (AvgIpc) is 2.26. The minimum Gasteiger partial charge on any atom is -0.355 e. The maximum atomic E-state index is 11.3. The van der Waals surface area contributed by atoms with Gasteiger partial charge in [0.05, 0.1) is 18.3 Å². The van der Waals surface area contributed by atoms with Crippen LogP contribution in [-0.4, -0.2) is 48.2 Å². The number of rotatable bonds is 8. The van der Waals surface area contributed by atoms with E-state index in [2.05, 4.69) is 10.6 Å². The minimum atomic E-state index is -0.531. The molecule has 0 saturated carbocycles. The molecule has 0 spiro atoms. The summed E-state index contributed by atoms with van der Waals surface area (Å²) in [5.74, 6) is 0.0492. The van der Waals surface area contributed by atoms with Crippen molar-refractivity contribution in [1.29, 1.82) is 0 Å². The van der Waals surface area contributed by atoms with Crippen LogP contribution in [-0.2, 0) is 14.4 Å². The molecule has 98 valence electrons. The molecule has 0 aromatic carbocycles. The molecule has 6 nitrogen and oxygen atoms in total. The second-order valence-electron chi connectivity index (χ2n) is 3.46. The Morgan fingerprint density at radius 2 is 1.88 bits per heavy atom. The third-order valence-corrected chi connectivity index (χ3v) is 2.93. The van der Waals surface area contributed by atoms with Crippen molar-refractivity contribution in [3.8, 4) is 0 Å². The first-order valence-electron chi connectivity index (χ1n) is 5.34. The summed E-state index contributed by atoms with van der Waals surface area (Å²) in [6.07, 6.45) is 0. The summed E-state index contributed by atoms with van der Waals surface area (Å²) >= 11 is 1.27. The standard InChI is InChI=1S/C10H19N3O3S/c1-3-12-9(15)4-13-10(16)6-17-5-8(11)7(2)14/h8H,3-6,11H2,1-2H3,(H,12,15)(H,13,16)/t8-/m0/s1. The highest BCUT2D eigenvalue weighted by atomic mass is 32.2. The van der Waals surface area contributed by atoms with Gasteiger partial charge < -0.3 is 16.4 Å². The lowest BCUT2D eigenvalue weighted by atomic mass is 10.3. The predicted octanol–water partition coefficient (Wildman–Crippen LogP) is -1.11. The summed E-state index contributed by atoms with van der Waals surface area (Å²) in [5, 5.41) is 5.04. The van der Waals surface area contributed by atoms with Gasteiger partial charge in [-0.3, -0.25) is 14.4 Å². The number of nitrogens with two attached hydrogens (primary N) is 1. The maximum absolute atomic E-state index is 11.3. The summed E-state index contributed by atoms with van der Waals surface area (Å²) in [7, 11) is 0. The largest absolute Gasteiger partial charge is 0.355 e. The van der Waals surface area contributed by atoms with Crippen LogP contribution in [0.1, 0.15) is 13.8 Å². The molecule has 7 heteroatoms. The topological polar surface area (TPSA) is 101 Å². The molecule has 0 saturated heterocycles. The molecule has 0 aliphatic heterocycles. The number of ketones is 1. The van der Waals surface area contributed by atoms with E-state index in [1.165, 1.54) is 18.7 Å². The molecule has 0 aromatic heterocycles. The molecule has 0 radical (unpaired) electrons. The van der Waals surface area contributed by atoms with E-state index in [0.717, 1.165) is 0 Å². The van der Waals surface area contributed by atoms with Crippen molar-refractivity contribution in [2.75, 3.05) is 24.6 Å². The molecule has 17 heavy (non-hydrogen) atoms. The molecule has 4 N–H and O–H groups in total. The Kier molecular flexibility index (Phi) is 8.43. The fourth-order valence-electron chi connectivity index (χ4n) is 0.886. The Bertz CT molecular complexity index is 284. The monoisotopic (exact) mass is 261 g/mol. The van der Waals surface area contributed by atoms with E-state index < -0.39 is 6.04 Å². The average molecular weight is 261 g/mol. The maximum Gasteiger partial charge on any atom is 0.239 e. The van der Waals surface area contributed by atoms with Gasteiger partial charge in [0.25, 0.3) is 0 Å². The first-order valence-corrected chi connectivity index (χ1v) is 6.50. The van der Waals surface area contributed by atoms with Gasteiger partial charge in [-0.05, 0) is 13.8 Å². The summed E-state index contributed by atoms with van der Waals surface area (Å²) in [4.78, 5) is 33.1. The normalized spacial score (nSPS) is 11.7. The van der Waals surface area contributed by atoms with Gasteiger partial charge >= 0.3 is 0 Å². The minimum absolute atomic E-state index is 0.0218. The zero-order valence-corrected chi connectivity index (χ0v) is 10.9. The van der Waals surface area contributed by atoms with E-state index in [9.17, 15) is 14.4 Å². The van der Waals surface area contributed by atoms with Gasteiger partial charge in [-0.1, -0.05) is 0 Å². The summed E-state index contributed by atoms with van der Waals surface area (Å²) in [6.45, 7) is 3.74. The summed E-state index contributed by atoms with van der Waals surface area (Å²) in [6, 6.07) is -0.531.